The molecule has 2 heterocycles. The summed E-state index contributed by atoms with van der Waals surface area (Å²) in [5.74, 6) is -0.637. The maximum absolute atomic E-state index is 12.7. The first kappa shape index (κ1) is 44.2. The highest BCUT2D eigenvalue weighted by atomic mass is 32.2. The van der Waals surface area contributed by atoms with Crippen LogP contribution in [0.2, 0.25) is 0 Å². The summed E-state index contributed by atoms with van der Waals surface area (Å²) < 4.78 is 11.2. The van der Waals surface area contributed by atoms with Crippen molar-refractivity contribution >= 4 is 50.9 Å². The fourth-order valence-corrected chi connectivity index (χ4v) is 9.27. The zero-order valence-corrected chi connectivity index (χ0v) is 38.6. The van der Waals surface area contributed by atoms with E-state index in [2.05, 4.69) is 117 Å². The van der Waals surface area contributed by atoms with E-state index in [1.54, 1.807) is 23.1 Å². The number of benzene rings is 4. The molecular formula is C56H55O4S2+. The first-order chi connectivity index (χ1) is 29.5. The van der Waals surface area contributed by atoms with Crippen LogP contribution in [0.25, 0.3) is 36.8 Å². The van der Waals surface area contributed by atoms with Crippen LogP contribution in [0.5, 0.6) is 0 Å². The Morgan fingerprint density at radius 3 is 1.50 bits per heavy atom. The fourth-order valence-electron chi connectivity index (χ4n) is 7.00. The van der Waals surface area contributed by atoms with E-state index in [1.807, 2.05) is 90.1 Å². The summed E-state index contributed by atoms with van der Waals surface area (Å²) in [6.45, 7) is 15.5. The van der Waals surface area contributed by atoms with Gasteiger partial charge in [-0.1, -0.05) is 102 Å². The van der Waals surface area contributed by atoms with Crippen LogP contribution in [-0.2, 0) is 9.47 Å². The van der Waals surface area contributed by atoms with Gasteiger partial charge < -0.3 is 9.47 Å². The average Bonchev–Trinajstić information content (AvgIpc) is 3.24. The van der Waals surface area contributed by atoms with E-state index < -0.39 is 11.2 Å². The van der Waals surface area contributed by atoms with Gasteiger partial charge in [-0.25, -0.2) is 9.59 Å². The zero-order chi connectivity index (χ0) is 44.0. The van der Waals surface area contributed by atoms with Crippen molar-refractivity contribution in [3.63, 3.8) is 0 Å². The number of carbonyl (C=O) groups is 2. The topological polar surface area (TPSA) is 52.6 Å². The van der Waals surface area contributed by atoms with E-state index in [0.717, 1.165) is 51.3 Å². The number of aryl methyl sites for hydroxylation is 2. The van der Waals surface area contributed by atoms with Crippen molar-refractivity contribution in [3.8, 4) is 20.9 Å². The van der Waals surface area contributed by atoms with Crippen LogP contribution in [0.1, 0.15) is 109 Å². The minimum Gasteiger partial charge on any atom is -0.456 e. The number of allylic oxidation sites excluding steroid dienone is 9. The van der Waals surface area contributed by atoms with Crippen LogP contribution in [0.15, 0.2) is 162 Å². The van der Waals surface area contributed by atoms with Crippen LogP contribution in [0, 0.1) is 13.8 Å². The summed E-state index contributed by atoms with van der Waals surface area (Å²) >= 11 is 3.49. The van der Waals surface area contributed by atoms with Crippen molar-refractivity contribution in [1.82, 2.24) is 0 Å². The molecular weight excluding hydrogens is 801 g/mol. The van der Waals surface area contributed by atoms with E-state index in [9.17, 15) is 9.59 Å². The fraction of sp³-hybridized carbons (Fsp3) is 0.232. The van der Waals surface area contributed by atoms with Gasteiger partial charge in [-0.15, -0.1) is 0 Å². The Morgan fingerprint density at radius 2 is 1.02 bits per heavy atom. The molecule has 0 saturated carbocycles. The molecule has 0 fully saturated rings. The van der Waals surface area contributed by atoms with Gasteiger partial charge in [-0.2, -0.15) is 0 Å². The third-order valence-corrected chi connectivity index (χ3v) is 12.5. The lowest BCUT2D eigenvalue weighted by Crippen LogP contribution is -2.23. The van der Waals surface area contributed by atoms with Gasteiger partial charge in [0.15, 0.2) is 0 Å². The number of hydrogen-bond donors (Lipinski definition) is 0. The average molecular weight is 856 g/mol. The number of hydrogen-bond acceptors (Lipinski definition) is 5. The second kappa shape index (κ2) is 19.1. The molecule has 1 aromatic heterocycles. The highest BCUT2D eigenvalue weighted by molar-refractivity contribution is 8.16. The van der Waals surface area contributed by atoms with Crippen molar-refractivity contribution < 1.29 is 19.1 Å². The Balaban J connectivity index is 1.16. The normalized spacial score (nSPS) is 15.9. The van der Waals surface area contributed by atoms with E-state index in [-0.39, 0.29) is 11.9 Å². The molecule has 5 aromatic rings. The largest absolute Gasteiger partial charge is 0.456 e. The van der Waals surface area contributed by atoms with Gasteiger partial charge in [0.25, 0.3) is 0 Å². The third kappa shape index (κ3) is 12.2. The summed E-state index contributed by atoms with van der Waals surface area (Å²) in [4.78, 5) is 30.1. The molecule has 4 aromatic carbocycles. The molecule has 0 unspecified atom stereocenters. The van der Waals surface area contributed by atoms with Gasteiger partial charge in [-0.3, -0.25) is 0 Å². The van der Waals surface area contributed by atoms with Crippen molar-refractivity contribution in [2.24, 2.45) is 0 Å². The Kier molecular flexibility index (Phi) is 13.6. The summed E-state index contributed by atoms with van der Waals surface area (Å²) in [6, 6.07) is 37.3. The van der Waals surface area contributed by atoms with E-state index in [0.29, 0.717) is 11.1 Å². The first-order valence-corrected chi connectivity index (χ1v) is 22.9. The predicted molar refractivity (Wildman–Crippen MR) is 263 cm³/mol. The third-order valence-electron chi connectivity index (χ3n) is 10.2. The monoisotopic (exact) mass is 855 g/mol. The van der Waals surface area contributed by atoms with Gasteiger partial charge in [-0.05, 0) is 169 Å². The van der Waals surface area contributed by atoms with Crippen LogP contribution in [0.4, 0.5) is 0 Å². The van der Waals surface area contributed by atoms with E-state index >= 15 is 0 Å². The molecule has 1 aliphatic carbocycles. The molecule has 0 N–H and O–H groups in total. The smallest absolute Gasteiger partial charge is 0.338 e. The van der Waals surface area contributed by atoms with Crippen LogP contribution < -0.4 is 0 Å². The number of rotatable bonds is 9. The maximum Gasteiger partial charge on any atom is 0.338 e. The Morgan fingerprint density at radius 1 is 0.565 bits per heavy atom. The standard InChI is InChI=1S/C56H55O4S2/c1-37-12-20-43(21-13-37)49-33-41(35-51(61-49)45-24-28-47(29-25-45)53(57)59-55(3,4)5)18-16-39-10-9-11-40(32-39)17-19-42-34-50(44-22-14-38(2)15-23-44)62-52(36-42)46-26-30-48(31-27-46)54(58)60-56(6,7)8/h12-36H,9-11H2,1-8H3/q+1. The van der Waals surface area contributed by atoms with Crippen LogP contribution >= 0.6 is 23.1 Å². The van der Waals surface area contributed by atoms with Gasteiger partial charge in [0, 0.05) is 33.1 Å². The van der Waals surface area contributed by atoms with Crippen LogP contribution in [-0.4, -0.2) is 23.1 Å². The van der Waals surface area contributed by atoms with E-state index in [4.69, 9.17) is 9.47 Å². The zero-order valence-electron chi connectivity index (χ0n) is 37.0. The number of carbonyl (C=O) groups excluding carboxylic acids is 2. The molecule has 0 radical (unpaired) electrons. The summed E-state index contributed by atoms with van der Waals surface area (Å²) in [6.07, 6.45) is 18.9. The molecule has 2 aliphatic rings. The molecule has 0 saturated heterocycles. The van der Waals surface area contributed by atoms with Crippen molar-refractivity contribution in [2.45, 2.75) is 85.9 Å². The van der Waals surface area contributed by atoms with Gasteiger partial charge in [0.1, 0.15) is 11.2 Å². The molecule has 314 valence electrons. The SMILES string of the molecule is Cc1ccc(C2=C/C(=C/C=C3C=C(/C=C/c4cc(-c5ccc(C)cc5)[s+]c(-c5ccc(C(=O)OC(C)(C)C)cc5)c4)CCC/3)C=C(c3ccc(C(=O)OC(C)(C)C)cc3)S2)cc1. The number of ether oxygens (including phenoxy) is 2. The minimum atomic E-state index is -0.552. The first-order valence-electron chi connectivity index (χ1n) is 21.2. The number of esters is 2. The molecule has 0 atom stereocenters. The van der Waals surface area contributed by atoms with E-state index in [1.165, 1.54) is 43.2 Å². The summed E-state index contributed by atoms with van der Waals surface area (Å²) in [5, 5.41) is 0. The van der Waals surface area contributed by atoms with Gasteiger partial charge in [0.2, 0.25) is 21.1 Å². The molecule has 1 aliphatic heterocycles. The lowest BCUT2D eigenvalue weighted by molar-refractivity contribution is 0.00570. The highest BCUT2D eigenvalue weighted by Gasteiger charge is 2.22. The molecule has 62 heavy (non-hydrogen) atoms. The Bertz CT molecular complexity index is 2640. The Labute approximate surface area is 376 Å². The molecule has 0 bridgehead atoms. The maximum atomic E-state index is 12.7. The van der Waals surface area contributed by atoms with Crippen LogP contribution in [0.3, 0.4) is 0 Å². The van der Waals surface area contributed by atoms with Crippen molar-refractivity contribution in [3.05, 3.63) is 201 Å². The van der Waals surface area contributed by atoms with Crippen molar-refractivity contribution in [1.29, 1.82) is 0 Å². The minimum absolute atomic E-state index is 0.318. The summed E-state index contributed by atoms with van der Waals surface area (Å²) in [5.41, 5.74) is 11.7. The molecule has 0 amide bonds. The molecule has 4 nitrogen and oxygen atoms in total. The van der Waals surface area contributed by atoms with Gasteiger partial charge >= 0.3 is 11.9 Å². The predicted octanol–water partition coefficient (Wildman–Crippen LogP) is 15.7. The quantitative estimate of drug-likeness (QED) is 0.109. The van der Waals surface area contributed by atoms with Gasteiger partial charge in [0.05, 0.1) is 11.1 Å². The lowest BCUT2D eigenvalue weighted by Gasteiger charge is -2.20. The lowest BCUT2D eigenvalue weighted by atomic mass is 9.94. The second-order valence-corrected chi connectivity index (χ2v) is 20.1. The Hall–Kier alpha value is -5.82. The summed E-state index contributed by atoms with van der Waals surface area (Å²) in [7, 11) is 0. The molecule has 0 spiro atoms. The van der Waals surface area contributed by atoms with Crippen molar-refractivity contribution in [2.75, 3.05) is 0 Å². The molecule has 7 rings (SSSR count). The molecule has 6 heteroatoms. The number of thioether (sulfide) groups is 1. The highest BCUT2D eigenvalue weighted by Crippen LogP contribution is 2.44. The second-order valence-electron chi connectivity index (χ2n) is 17.9.